The van der Waals surface area contributed by atoms with Crippen molar-refractivity contribution in [3.05, 3.63) is 46.9 Å². The Labute approximate surface area is 222 Å². The third-order valence-corrected chi connectivity index (χ3v) is 7.27. The molecule has 3 aromatic rings. The number of nitrogens with zero attached hydrogens (tertiary/aromatic N) is 5. The van der Waals surface area contributed by atoms with E-state index in [2.05, 4.69) is 20.1 Å². The molecule has 0 bridgehead atoms. The van der Waals surface area contributed by atoms with E-state index in [1.807, 2.05) is 38.1 Å². The third-order valence-electron chi connectivity index (χ3n) is 7.27. The number of methoxy groups -OCH3 is 1. The Hall–Kier alpha value is -3.50. The van der Waals surface area contributed by atoms with Crippen LogP contribution in [0.3, 0.4) is 0 Å². The van der Waals surface area contributed by atoms with Crippen LogP contribution in [0.25, 0.3) is 22.4 Å². The number of hydrogen-bond donors (Lipinski definition) is 1. The Morgan fingerprint density at radius 1 is 1.16 bits per heavy atom. The van der Waals surface area contributed by atoms with Gasteiger partial charge in [-0.3, -0.25) is 19.1 Å². The van der Waals surface area contributed by atoms with Crippen LogP contribution in [0.1, 0.15) is 26.7 Å². The smallest absolute Gasteiger partial charge is 0.263 e. The molecule has 38 heavy (non-hydrogen) atoms. The maximum Gasteiger partial charge on any atom is 0.263 e. The molecule has 5 rings (SSSR count). The van der Waals surface area contributed by atoms with Crippen molar-refractivity contribution in [1.82, 2.24) is 24.8 Å². The molecular weight excluding hydrogens is 484 g/mol. The monoisotopic (exact) mass is 520 g/mol. The van der Waals surface area contributed by atoms with E-state index < -0.39 is 0 Å². The predicted molar refractivity (Wildman–Crippen MR) is 147 cm³/mol. The summed E-state index contributed by atoms with van der Waals surface area (Å²) in [5.41, 5.74) is 1.66. The maximum absolute atomic E-state index is 13.8. The van der Waals surface area contributed by atoms with Gasteiger partial charge in [0.2, 0.25) is 5.91 Å². The highest BCUT2D eigenvalue weighted by molar-refractivity contribution is 5.82. The molecule has 2 fully saturated rings. The first-order chi connectivity index (χ1) is 18.4. The van der Waals surface area contributed by atoms with Gasteiger partial charge in [0.1, 0.15) is 18.1 Å². The molecule has 0 atom stereocenters. The SMILES string of the molecule is COc1cccc(-c2nc3ncc(N4CCC(N5CCOCC5)CC4)cc3c(=O)n2CC(=O)NC(C)C)c1. The van der Waals surface area contributed by atoms with Crippen LogP contribution in [0.15, 0.2) is 41.3 Å². The van der Waals surface area contributed by atoms with Gasteiger partial charge in [-0.05, 0) is 44.9 Å². The van der Waals surface area contributed by atoms with Gasteiger partial charge >= 0.3 is 0 Å². The molecule has 2 saturated heterocycles. The highest BCUT2D eigenvalue weighted by atomic mass is 16.5. The average Bonchev–Trinajstić information content (AvgIpc) is 2.94. The first kappa shape index (κ1) is 26.1. The molecule has 1 N–H and O–H groups in total. The van der Waals surface area contributed by atoms with E-state index in [9.17, 15) is 9.59 Å². The first-order valence-electron chi connectivity index (χ1n) is 13.3. The Kier molecular flexibility index (Phi) is 7.90. The second-order valence-electron chi connectivity index (χ2n) is 10.2. The van der Waals surface area contributed by atoms with Crippen molar-refractivity contribution in [2.24, 2.45) is 0 Å². The summed E-state index contributed by atoms with van der Waals surface area (Å²) >= 11 is 0. The number of rotatable bonds is 7. The van der Waals surface area contributed by atoms with Gasteiger partial charge in [-0.2, -0.15) is 0 Å². The van der Waals surface area contributed by atoms with Crippen LogP contribution in [-0.2, 0) is 16.1 Å². The van der Waals surface area contributed by atoms with E-state index >= 15 is 0 Å². The summed E-state index contributed by atoms with van der Waals surface area (Å²) in [6.45, 7) is 9.04. The molecule has 2 aromatic heterocycles. The summed E-state index contributed by atoms with van der Waals surface area (Å²) in [4.78, 5) is 40.7. The van der Waals surface area contributed by atoms with E-state index in [0.29, 0.717) is 34.2 Å². The van der Waals surface area contributed by atoms with Crippen LogP contribution in [0.5, 0.6) is 5.75 Å². The van der Waals surface area contributed by atoms with Crippen LogP contribution in [0.4, 0.5) is 5.69 Å². The van der Waals surface area contributed by atoms with Crippen molar-refractivity contribution >= 4 is 22.6 Å². The highest BCUT2D eigenvalue weighted by Crippen LogP contribution is 2.26. The van der Waals surface area contributed by atoms with Gasteiger partial charge in [-0.1, -0.05) is 12.1 Å². The lowest BCUT2D eigenvalue weighted by Crippen LogP contribution is -2.49. The zero-order valence-electron chi connectivity index (χ0n) is 22.4. The van der Waals surface area contributed by atoms with Crippen molar-refractivity contribution in [3.8, 4) is 17.1 Å². The van der Waals surface area contributed by atoms with Crippen LogP contribution in [-0.4, -0.2) is 83.9 Å². The summed E-state index contributed by atoms with van der Waals surface area (Å²) in [5, 5.41) is 3.28. The lowest BCUT2D eigenvalue weighted by molar-refractivity contribution is -0.122. The van der Waals surface area contributed by atoms with Gasteiger partial charge < -0.3 is 19.7 Å². The van der Waals surface area contributed by atoms with Gasteiger partial charge in [0.15, 0.2) is 5.65 Å². The molecule has 1 amide bonds. The molecule has 0 saturated carbocycles. The zero-order valence-corrected chi connectivity index (χ0v) is 22.4. The number of hydrogen-bond acceptors (Lipinski definition) is 8. The molecule has 202 valence electrons. The molecular formula is C28H36N6O4. The number of carbonyl (C=O) groups is 1. The number of fused-ring (bicyclic) bond motifs is 1. The first-order valence-corrected chi connectivity index (χ1v) is 13.3. The molecule has 0 unspecified atom stereocenters. The summed E-state index contributed by atoms with van der Waals surface area (Å²) in [6, 6.07) is 9.70. The van der Waals surface area contributed by atoms with Gasteiger partial charge in [0, 0.05) is 43.8 Å². The van der Waals surface area contributed by atoms with Crippen LogP contribution >= 0.6 is 0 Å². The minimum Gasteiger partial charge on any atom is -0.497 e. The normalized spacial score (nSPS) is 17.2. The molecule has 10 heteroatoms. The van der Waals surface area contributed by atoms with Crippen molar-refractivity contribution < 1.29 is 14.3 Å². The van der Waals surface area contributed by atoms with E-state index in [1.54, 1.807) is 19.4 Å². The fourth-order valence-corrected chi connectivity index (χ4v) is 5.34. The number of benzene rings is 1. The van der Waals surface area contributed by atoms with Crippen molar-refractivity contribution in [1.29, 1.82) is 0 Å². The standard InChI is InChI=1S/C28H36N6O4/c1-19(2)30-25(35)18-34-27(20-5-4-6-23(15-20)37-3)31-26-24(28(34)36)16-22(17-29-26)32-9-7-21(8-10-32)33-11-13-38-14-12-33/h4-6,15-17,19,21H,7-14,18H2,1-3H3,(H,30,35). The third kappa shape index (κ3) is 5.66. The molecule has 2 aliphatic rings. The Bertz CT molecular complexity index is 1340. The number of piperidine rings is 1. The van der Waals surface area contributed by atoms with Gasteiger partial charge in [-0.25, -0.2) is 9.97 Å². The summed E-state index contributed by atoms with van der Waals surface area (Å²) in [6.07, 6.45) is 3.92. The molecule has 0 spiro atoms. The quantitative estimate of drug-likeness (QED) is 0.507. The highest BCUT2D eigenvalue weighted by Gasteiger charge is 2.26. The average molecular weight is 521 g/mol. The second-order valence-corrected chi connectivity index (χ2v) is 10.2. The summed E-state index contributed by atoms with van der Waals surface area (Å²) in [7, 11) is 1.59. The fraction of sp³-hybridized carbons (Fsp3) is 0.500. The number of ether oxygens (including phenoxy) is 2. The summed E-state index contributed by atoms with van der Waals surface area (Å²) in [5.74, 6) is 0.771. The fourth-order valence-electron chi connectivity index (χ4n) is 5.34. The lowest BCUT2D eigenvalue weighted by Gasteiger charge is -2.40. The Balaban J connectivity index is 1.47. The number of pyridine rings is 1. The molecule has 0 aliphatic carbocycles. The lowest BCUT2D eigenvalue weighted by atomic mass is 10.0. The minimum atomic E-state index is -0.288. The number of morpholine rings is 1. The Morgan fingerprint density at radius 3 is 2.63 bits per heavy atom. The van der Waals surface area contributed by atoms with Crippen molar-refractivity contribution in [2.45, 2.75) is 45.3 Å². The van der Waals surface area contributed by atoms with Gasteiger partial charge in [0.25, 0.3) is 5.56 Å². The van der Waals surface area contributed by atoms with E-state index in [1.165, 1.54) is 4.57 Å². The molecule has 2 aliphatic heterocycles. The topological polar surface area (TPSA) is 102 Å². The van der Waals surface area contributed by atoms with Gasteiger partial charge in [-0.15, -0.1) is 0 Å². The number of aromatic nitrogens is 3. The van der Waals surface area contributed by atoms with E-state index in [0.717, 1.165) is 57.9 Å². The van der Waals surface area contributed by atoms with Crippen molar-refractivity contribution in [2.75, 3.05) is 51.4 Å². The van der Waals surface area contributed by atoms with Crippen molar-refractivity contribution in [3.63, 3.8) is 0 Å². The maximum atomic E-state index is 13.8. The molecule has 4 heterocycles. The van der Waals surface area contributed by atoms with E-state index in [-0.39, 0.29) is 24.1 Å². The molecule has 1 aromatic carbocycles. The number of carbonyl (C=O) groups excluding carboxylic acids is 1. The molecule has 10 nitrogen and oxygen atoms in total. The Morgan fingerprint density at radius 2 is 1.92 bits per heavy atom. The largest absolute Gasteiger partial charge is 0.497 e. The van der Waals surface area contributed by atoms with Crippen LogP contribution in [0.2, 0.25) is 0 Å². The second kappa shape index (κ2) is 11.5. The number of nitrogens with one attached hydrogen (secondary N) is 1. The molecule has 0 radical (unpaired) electrons. The number of anilines is 1. The minimum absolute atomic E-state index is 0.0412. The number of amides is 1. The van der Waals surface area contributed by atoms with Crippen LogP contribution in [0, 0.1) is 0 Å². The van der Waals surface area contributed by atoms with E-state index in [4.69, 9.17) is 14.5 Å². The van der Waals surface area contributed by atoms with Gasteiger partial charge in [0.05, 0.1) is 37.6 Å². The predicted octanol–water partition coefficient (Wildman–Crippen LogP) is 2.29. The van der Waals surface area contributed by atoms with Crippen LogP contribution < -0.4 is 20.5 Å². The summed E-state index contributed by atoms with van der Waals surface area (Å²) < 4.78 is 12.3. The zero-order chi connectivity index (χ0) is 26.6.